The highest BCUT2D eigenvalue weighted by atomic mass is 32.2. The molecular formula is C14H23N3O4S3. The predicted molar refractivity (Wildman–Crippen MR) is 93.6 cm³/mol. The summed E-state index contributed by atoms with van der Waals surface area (Å²) in [4.78, 5) is 0. The molecule has 10 heteroatoms. The van der Waals surface area contributed by atoms with Crippen LogP contribution in [0.25, 0.3) is 0 Å². The molecule has 3 heterocycles. The summed E-state index contributed by atoms with van der Waals surface area (Å²) in [5.41, 5.74) is 0. The molecule has 24 heavy (non-hydrogen) atoms. The fraction of sp³-hybridized carbons (Fsp3) is 0.714. The molecule has 0 N–H and O–H groups in total. The van der Waals surface area contributed by atoms with E-state index in [9.17, 15) is 16.8 Å². The summed E-state index contributed by atoms with van der Waals surface area (Å²) in [6.07, 6.45) is 3.37. The van der Waals surface area contributed by atoms with E-state index in [1.165, 1.54) is 19.9 Å². The molecule has 1 aromatic rings. The third-order valence-electron chi connectivity index (χ3n) is 4.47. The van der Waals surface area contributed by atoms with Crippen LogP contribution in [0.1, 0.15) is 25.7 Å². The van der Waals surface area contributed by atoms with Crippen LogP contribution in [0.5, 0.6) is 0 Å². The lowest BCUT2D eigenvalue weighted by atomic mass is 10.2. The Morgan fingerprint density at radius 2 is 1.33 bits per heavy atom. The molecule has 0 aliphatic carbocycles. The van der Waals surface area contributed by atoms with Crippen LogP contribution >= 0.6 is 11.3 Å². The first-order chi connectivity index (χ1) is 11.4. The molecule has 0 atom stereocenters. The lowest BCUT2D eigenvalue weighted by Gasteiger charge is -2.31. The number of hydrogen-bond donors (Lipinski definition) is 0. The van der Waals surface area contributed by atoms with Gasteiger partial charge in [0.05, 0.1) is 0 Å². The standard InChI is InChI=1S/C14H23N3O4S3/c18-23(19,14-6-4-13-22-14)15-9-5-10-17(12-11-15)24(20,21)16-7-2-1-3-8-16/h4,6,13H,1-3,5,7-12H2. The maximum absolute atomic E-state index is 12.8. The minimum Gasteiger partial charge on any atom is -0.206 e. The molecule has 1 aromatic heterocycles. The average Bonchev–Trinajstić information content (AvgIpc) is 3.00. The van der Waals surface area contributed by atoms with Crippen LogP contribution in [0.15, 0.2) is 21.7 Å². The van der Waals surface area contributed by atoms with Gasteiger partial charge in [-0.05, 0) is 30.7 Å². The highest BCUT2D eigenvalue weighted by Gasteiger charge is 2.34. The summed E-state index contributed by atoms with van der Waals surface area (Å²) in [7, 11) is -7.00. The molecule has 0 bridgehead atoms. The summed E-state index contributed by atoms with van der Waals surface area (Å²) in [5, 5.41) is 1.73. The third kappa shape index (κ3) is 3.68. The van der Waals surface area contributed by atoms with Gasteiger partial charge in [-0.2, -0.15) is 21.3 Å². The van der Waals surface area contributed by atoms with E-state index >= 15 is 0 Å². The van der Waals surface area contributed by atoms with E-state index in [1.807, 2.05) is 0 Å². The van der Waals surface area contributed by atoms with Gasteiger partial charge in [-0.3, -0.25) is 0 Å². The highest BCUT2D eigenvalue weighted by molar-refractivity contribution is 7.91. The molecule has 0 spiro atoms. The summed E-state index contributed by atoms with van der Waals surface area (Å²) >= 11 is 1.19. The van der Waals surface area contributed by atoms with E-state index in [0.717, 1.165) is 19.3 Å². The van der Waals surface area contributed by atoms with E-state index < -0.39 is 20.2 Å². The van der Waals surface area contributed by atoms with Gasteiger partial charge in [0, 0.05) is 39.3 Å². The van der Waals surface area contributed by atoms with E-state index in [4.69, 9.17) is 0 Å². The van der Waals surface area contributed by atoms with Gasteiger partial charge < -0.3 is 0 Å². The maximum atomic E-state index is 12.8. The van der Waals surface area contributed by atoms with Crippen molar-refractivity contribution in [2.45, 2.75) is 29.9 Å². The van der Waals surface area contributed by atoms with Gasteiger partial charge in [0.2, 0.25) is 0 Å². The first-order valence-corrected chi connectivity index (χ1v) is 11.9. The Morgan fingerprint density at radius 3 is 2.00 bits per heavy atom. The molecule has 2 aliphatic heterocycles. The van der Waals surface area contributed by atoms with Crippen molar-refractivity contribution in [1.29, 1.82) is 0 Å². The van der Waals surface area contributed by atoms with Gasteiger partial charge in [0.1, 0.15) is 4.21 Å². The molecule has 136 valence electrons. The van der Waals surface area contributed by atoms with Gasteiger partial charge in [0.25, 0.3) is 20.2 Å². The van der Waals surface area contributed by atoms with Crippen LogP contribution in [0.2, 0.25) is 0 Å². The Kier molecular flexibility index (Phi) is 5.62. The molecule has 0 saturated carbocycles. The highest BCUT2D eigenvalue weighted by Crippen LogP contribution is 2.23. The van der Waals surface area contributed by atoms with Crippen molar-refractivity contribution in [3.05, 3.63) is 17.5 Å². The van der Waals surface area contributed by atoms with Crippen molar-refractivity contribution in [2.24, 2.45) is 0 Å². The van der Waals surface area contributed by atoms with E-state index in [-0.39, 0.29) is 13.1 Å². The zero-order chi connectivity index (χ0) is 17.2. The van der Waals surface area contributed by atoms with Crippen molar-refractivity contribution < 1.29 is 16.8 Å². The molecule has 2 fully saturated rings. The minimum atomic E-state index is -3.52. The number of sulfonamides is 1. The summed E-state index contributed by atoms with van der Waals surface area (Å²) in [5.74, 6) is 0. The van der Waals surface area contributed by atoms with Gasteiger partial charge in [-0.25, -0.2) is 8.42 Å². The van der Waals surface area contributed by atoms with E-state index in [2.05, 4.69) is 0 Å². The van der Waals surface area contributed by atoms with Crippen LogP contribution in [0.3, 0.4) is 0 Å². The predicted octanol–water partition coefficient (Wildman–Crippen LogP) is 1.18. The van der Waals surface area contributed by atoms with Crippen molar-refractivity contribution in [2.75, 3.05) is 39.3 Å². The third-order valence-corrected chi connectivity index (χ3v) is 9.78. The quantitative estimate of drug-likeness (QED) is 0.769. The number of hydrogen-bond acceptors (Lipinski definition) is 5. The Bertz CT molecular complexity index is 740. The second-order valence-corrected chi connectivity index (χ2v) is 11.1. The first kappa shape index (κ1) is 18.3. The normalized spacial score (nSPS) is 23.2. The number of piperidine rings is 1. The average molecular weight is 394 g/mol. The lowest BCUT2D eigenvalue weighted by molar-refractivity contribution is 0.305. The Morgan fingerprint density at radius 1 is 0.750 bits per heavy atom. The summed E-state index contributed by atoms with van der Waals surface area (Å²) in [6.45, 7) is 2.27. The van der Waals surface area contributed by atoms with Crippen LogP contribution in [0, 0.1) is 0 Å². The zero-order valence-electron chi connectivity index (χ0n) is 13.5. The second kappa shape index (κ2) is 7.38. The minimum absolute atomic E-state index is 0.202. The Balaban J connectivity index is 1.71. The molecule has 7 nitrogen and oxygen atoms in total. The summed E-state index contributed by atoms with van der Waals surface area (Å²) < 4.78 is 55.5. The number of rotatable bonds is 4. The summed E-state index contributed by atoms with van der Waals surface area (Å²) in [6, 6.07) is 3.30. The van der Waals surface area contributed by atoms with Crippen molar-refractivity contribution in [3.8, 4) is 0 Å². The van der Waals surface area contributed by atoms with Crippen LogP contribution in [0.4, 0.5) is 0 Å². The van der Waals surface area contributed by atoms with Crippen molar-refractivity contribution in [1.82, 2.24) is 12.9 Å². The number of thiophene rings is 1. The molecule has 0 aromatic carbocycles. The number of nitrogens with zero attached hydrogens (tertiary/aromatic N) is 3. The molecular weight excluding hydrogens is 370 g/mol. The smallest absolute Gasteiger partial charge is 0.206 e. The van der Waals surface area contributed by atoms with Crippen LogP contribution in [-0.2, 0) is 20.2 Å². The van der Waals surface area contributed by atoms with Crippen molar-refractivity contribution >= 4 is 31.6 Å². The molecule has 2 aliphatic rings. The monoisotopic (exact) mass is 393 g/mol. The van der Waals surface area contributed by atoms with Gasteiger partial charge in [-0.15, -0.1) is 11.3 Å². The van der Waals surface area contributed by atoms with Crippen molar-refractivity contribution in [3.63, 3.8) is 0 Å². The first-order valence-electron chi connectivity index (χ1n) is 8.21. The van der Waals surface area contributed by atoms with Gasteiger partial charge in [-0.1, -0.05) is 12.5 Å². The van der Waals surface area contributed by atoms with Crippen LogP contribution < -0.4 is 0 Å². The fourth-order valence-electron chi connectivity index (χ4n) is 3.14. The molecule has 3 rings (SSSR count). The fourth-order valence-corrected chi connectivity index (χ4v) is 7.47. The molecule has 0 unspecified atom stereocenters. The topological polar surface area (TPSA) is 78.0 Å². The van der Waals surface area contributed by atoms with Gasteiger partial charge in [0.15, 0.2) is 0 Å². The lowest BCUT2D eigenvalue weighted by Crippen LogP contribution is -2.47. The van der Waals surface area contributed by atoms with E-state index in [1.54, 1.807) is 21.8 Å². The Labute approximate surface area is 148 Å². The SMILES string of the molecule is O=S(=O)(c1cccs1)N1CCCN(S(=O)(=O)N2CCCCC2)CC1. The Hall–Kier alpha value is -0.520. The largest absolute Gasteiger partial charge is 0.282 e. The second-order valence-electron chi connectivity index (χ2n) is 6.06. The van der Waals surface area contributed by atoms with Crippen LogP contribution in [-0.4, -0.2) is 69.0 Å². The molecule has 0 radical (unpaired) electrons. The van der Waals surface area contributed by atoms with Gasteiger partial charge >= 0.3 is 0 Å². The maximum Gasteiger partial charge on any atom is 0.282 e. The zero-order valence-corrected chi connectivity index (χ0v) is 16.0. The van der Waals surface area contributed by atoms with E-state index in [0.29, 0.717) is 36.8 Å². The molecule has 2 saturated heterocycles. The molecule has 0 amide bonds.